The van der Waals surface area contributed by atoms with E-state index in [0.29, 0.717) is 24.9 Å². The minimum atomic E-state index is -0.485. The fraction of sp³-hybridized carbons (Fsp3) is 0.640. The van der Waals surface area contributed by atoms with Gasteiger partial charge in [0.2, 0.25) is 11.8 Å². The number of carbonyl (C=O) groups is 3. The van der Waals surface area contributed by atoms with E-state index in [9.17, 15) is 18.8 Å². The molecule has 0 bridgehead atoms. The van der Waals surface area contributed by atoms with Gasteiger partial charge in [0.25, 0.3) is 0 Å². The predicted octanol–water partition coefficient (Wildman–Crippen LogP) is 1.68. The van der Waals surface area contributed by atoms with E-state index in [1.807, 2.05) is 0 Å². The molecular formula is C25H40FN5O3. The van der Waals surface area contributed by atoms with Gasteiger partial charge < -0.3 is 21.7 Å². The van der Waals surface area contributed by atoms with Crippen molar-refractivity contribution in [3.05, 3.63) is 35.6 Å². The van der Waals surface area contributed by atoms with Crippen LogP contribution in [-0.4, -0.2) is 79.3 Å². The van der Waals surface area contributed by atoms with E-state index in [1.54, 1.807) is 19.2 Å². The molecule has 8 nitrogen and oxygen atoms in total. The first-order chi connectivity index (χ1) is 16.3. The van der Waals surface area contributed by atoms with Crippen molar-refractivity contribution in [3.63, 3.8) is 0 Å². The molecule has 2 saturated heterocycles. The van der Waals surface area contributed by atoms with Gasteiger partial charge in [0.1, 0.15) is 11.4 Å². The van der Waals surface area contributed by atoms with E-state index < -0.39 is 5.54 Å². The number of halogens is 1. The number of piperidine rings is 2. The monoisotopic (exact) mass is 477 g/mol. The number of hydrogen-bond acceptors (Lipinski definition) is 6. The predicted molar refractivity (Wildman–Crippen MR) is 131 cm³/mol. The second-order valence-electron chi connectivity index (χ2n) is 9.03. The molecule has 2 amide bonds. The molecule has 0 spiro atoms. The van der Waals surface area contributed by atoms with E-state index in [1.165, 1.54) is 18.6 Å². The molecule has 0 aromatic heterocycles. The number of nitrogens with zero attached hydrogens (tertiary/aromatic N) is 2. The van der Waals surface area contributed by atoms with E-state index >= 15 is 0 Å². The maximum Gasteiger partial charge on any atom is 0.238 e. The summed E-state index contributed by atoms with van der Waals surface area (Å²) in [6.45, 7) is 4.88. The maximum atomic E-state index is 12.9. The van der Waals surface area contributed by atoms with Crippen LogP contribution in [-0.2, 0) is 9.59 Å². The highest BCUT2D eigenvalue weighted by Gasteiger charge is 2.44. The van der Waals surface area contributed by atoms with Crippen molar-refractivity contribution >= 4 is 17.6 Å². The molecule has 2 heterocycles. The molecular weight excluding hydrogens is 437 g/mol. The van der Waals surface area contributed by atoms with Crippen LogP contribution in [0.1, 0.15) is 61.7 Å². The van der Waals surface area contributed by atoms with Crippen LogP contribution in [0.4, 0.5) is 4.39 Å². The molecule has 0 radical (unpaired) electrons. The van der Waals surface area contributed by atoms with Crippen molar-refractivity contribution in [1.82, 2.24) is 15.1 Å². The SMILES string of the molecule is CNC(=O)CCN.NC(=O)C1(N2CCCCC2)CCN(CCCC(=O)c2ccc(F)cc2)CC1. The largest absolute Gasteiger partial charge is 0.368 e. The molecule has 0 atom stereocenters. The first-order valence-corrected chi connectivity index (χ1v) is 12.3. The van der Waals surface area contributed by atoms with Gasteiger partial charge in [0, 0.05) is 45.1 Å². The molecule has 1 aromatic carbocycles. The number of nitrogens with two attached hydrogens (primary N) is 2. The summed E-state index contributed by atoms with van der Waals surface area (Å²) in [6.07, 6.45) is 6.71. The molecule has 3 rings (SSSR count). The Morgan fingerprint density at radius 1 is 1.00 bits per heavy atom. The Hall–Kier alpha value is -2.36. The lowest BCUT2D eigenvalue weighted by molar-refractivity contribution is -0.135. The highest BCUT2D eigenvalue weighted by molar-refractivity contribution is 5.95. The van der Waals surface area contributed by atoms with Gasteiger partial charge in [-0.3, -0.25) is 19.3 Å². The summed E-state index contributed by atoms with van der Waals surface area (Å²) < 4.78 is 12.9. The molecule has 2 fully saturated rings. The Morgan fingerprint density at radius 3 is 2.12 bits per heavy atom. The van der Waals surface area contributed by atoms with Crippen molar-refractivity contribution in [2.24, 2.45) is 11.5 Å². The number of primary amides is 1. The molecule has 2 aliphatic heterocycles. The van der Waals surface area contributed by atoms with Crippen LogP contribution in [0.25, 0.3) is 0 Å². The van der Waals surface area contributed by atoms with Gasteiger partial charge in [-0.05, 0) is 76.0 Å². The number of ketones is 1. The van der Waals surface area contributed by atoms with Crippen molar-refractivity contribution in [2.45, 2.75) is 56.9 Å². The second-order valence-corrected chi connectivity index (χ2v) is 9.03. The smallest absolute Gasteiger partial charge is 0.238 e. The third-order valence-corrected chi connectivity index (χ3v) is 6.80. The number of benzene rings is 1. The number of hydrogen-bond donors (Lipinski definition) is 3. The van der Waals surface area contributed by atoms with E-state index in [4.69, 9.17) is 11.5 Å². The van der Waals surface area contributed by atoms with Crippen LogP contribution in [0.15, 0.2) is 24.3 Å². The molecule has 1 aromatic rings. The van der Waals surface area contributed by atoms with E-state index in [-0.39, 0.29) is 23.4 Å². The van der Waals surface area contributed by atoms with Crippen LogP contribution < -0.4 is 16.8 Å². The van der Waals surface area contributed by atoms with Gasteiger partial charge >= 0.3 is 0 Å². The summed E-state index contributed by atoms with van der Waals surface area (Å²) in [6, 6.07) is 5.72. The van der Waals surface area contributed by atoms with Crippen LogP contribution in [0.3, 0.4) is 0 Å². The van der Waals surface area contributed by atoms with Gasteiger partial charge in [-0.2, -0.15) is 0 Å². The summed E-state index contributed by atoms with van der Waals surface area (Å²) in [7, 11) is 1.60. The Balaban J connectivity index is 0.000000509. The maximum absolute atomic E-state index is 12.9. The van der Waals surface area contributed by atoms with Crippen LogP contribution in [0, 0.1) is 5.82 Å². The zero-order chi connectivity index (χ0) is 25.0. The quantitative estimate of drug-likeness (QED) is 0.465. The highest BCUT2D eigenvalue weighted by Crippen LogP contribution is 2.31. The lowest BCUT2D eigenvalue weighted by atomic mass is 9.83. The highest BCUT2D eigenvalue weighted by atomic mass is 19.1. The Labute approximate surface area is 202 Å². The summed E-state index contributed by atoms with van der Waals surface area (Å²) in [5, 5.41) is 2.45. The molecule has 0 aliphatic carbocycles. The standard InChI is InChI=1S/C21H30FN3O2.C4H10N2O/c22-18-8-6-17(7-9-18)19(26)5-4-12-24-15-10-21(11-16-24,20(23)27)25-13-2-1-3-14-25;1-6-4(7)2-3-5/h6-9H,1-5,10-16H2,(H2,23,27);2-3,5H2,1H3,(H,6,7). The zero-order valence-electron chi connectivity index (χ0n) is 20.4. The van der Waals surface area contributed by atoms with Crippen molar-refractivity contribution in [1.29, 1.82) is 0 Å². The Morgan fingerprint density at radius 2 is 1.62 bits per heavy atom. The Bertz CT molecular complexity index is 788. The fourth-order valence-electron chi connectivity index (χ4n) is 4.69. The van der Waals surface area contributed by atoms with Gasteiger partial charge in [-0.1, -0.05) is 6.42 Å². The molecule has 5 N–H and O–H groups in total. The zero-order valence-corrected chi connectivity index (χ0v) is 20.4. The number of nitrogens with one attached hydrogen (secondary N) is 1. The Kier molecular flexibility index (Phi) is 11.6. The molecule has 0 unspecified atom stereocenters. The van der Waals surface area contributed by atoms with Crippen LogP contribution >= 0.6 is 0 Å². The number of Topliss-reactive ketones (excluding diaryl/α,β-unsaturated/α-hetero) is 1. The number of likely N-dealkylation sites (tertiary alicyclic amines) is 2. The third-order valence-electron chi connectivity index (χ3n) is 6.80. The first-order valence-electron chi connectivity index (χ1n) is 12.3. The molecule has 0 saturated carbocycles. The average molecular weight is 478 g/mol. The number of amides is 2. The number of carbonyl (C=O) groups excluding carboxylic acids is 3. The molecule has 2 aliphatic rings. The normalized spacial score (nSPS) is 18.4. The topological polar surface area (TPSA) is 122 Å². The van der Waals surface area contributed by atoms with Crippen molar-refractivity contribution in [2.75, 3.05) is 46.3 Å². The van der Waals surface area contributed by atoms with Crippen LogP contribution in [0.5, 0.6) is 0 Å². The average Bonchev–Trinajstić information content (AvgIpc) is 2.85. The van der Waals surface area contributed by atoms with Gasteiger partial charge in [-0.15, -0.1) is 0 Å². The van der Waals surface area contributed by atoms with E-state index in [2.05, 4.69) is 15.1 Å². The van der Waals surface area contributed by atoms with Crippen molar-refractivity contribution in [3.8, 4) is 0 Å². The summed E-state index contributed by atoms with van der Waals surface area (Å²) in [5.74, 6) is -0.462. The number of rotatable bonds is 9. The van der Waals surface area contributed by atoms with Crippen molar-refractivity contribution < 1.29 is 18.8 Å². The van der Waals surface area contributed by atoms with Gasteiger partial charge in [-0.25, -0.2) is 4.39 Å². The third kappa shape index (κ3) is 8.14. The minimum Gasteiger partial charge on any atom is -0.368 e. The summed E-state index contributed by atoms with van der Waals surface area (Å²) >= 11 is 0. The van der Waals surface area contributed by atoms with Crippen LogP contribution in [0.2, 0.25) is 0 Å². The minimum absolute atomic E-state index is 0.00231. The second kappa shape index (κ2) is 14.1. The lowest BCUT2D eigenvalue weighted by Gasteiger charge is -2.48. The van der Waals surface area contributed by atoms with Gasteiger partial charge in [0.05, 0.1) is 0 Å². The first kappa shape index (κ1) is 27.9. The van der Waals surface area contributed by atoms with E-state index in [0.717, 1.165) is 64.8 Å². The summed E-state index contributed by atoms with van der Waals surface area (Å²) in [5.41, 5.74) is 10.9. The lowest BCUT2D eigenvalue weighted by Crippen LogP contribution is -2.63. The molecule has 9 heteroatoms. The summed E-state index contributed by atoms with van der Waals surface area (Å²) in [4.78, 5) is 39.3. The van der Waals surface area contributed by atoms with Gasteiger partial charge in [0.15, 0.2) is 5.78 Å². The fourth-order valence-corrected chi connectivity index (χ4v) is 4.69. The molecule has 190 valence electrons. The molecule has 34 heavy (non-hydrogen) atoms.